The van der Waals surface area contributed by atoms with Gasteiger partial charge in [-0.1, -0.05) is 69.0 Å². The number of aliphatic hydroxyl groups is 1. The van der Waals surface area contributed by atoms with E-state index in [4.69, 9.17) is 14.2 Å². The first-order valence-corrected chi connectivity index (χ1v) is 24.7. The third kappa shape index (κ3) is 13.0. The molecule has 2 aliphatic heterocycles. The van der Waals surface area contributed by atoms with Crippen LogP contribution >= 0.6 is 22.7 Å². The molecule has 2 aliphatic rings. The summed E-state index contributed by atoms with van der Waals surface area (Å²) in [6, 6.07) is 12.5. The lowest BCUT2D eigenvalue weighted by molar-refractivity contribution is -0.144. The Balaban J connectivity index is 0.830. The van der Waals surface area contributed by atoms with Crippen molar-refractivity contribution in [2.75, 3.05) is 51.5 Å². The number of halogens is 1. The molecule has 374 valence electrons. The Bertz CT molecular complexity index is 2770. The predicted molar refractivity (Wildman–Crippen MR) is 264 cm³/mol. The van der Waals surface area contributed by atoms with E-state index in [1.807, 2.05) is 38.1 Å². The molecule has 20 heteroatoms. The average molecular weight is 1010 g/mol. The van der Waals surface area contributed by atoms with Gasteiger partial charge in [0.25, 0.3) is 11.8 Å². The SMILES string of the molecule is Cc1ncsc1-c1ccc([C@H](C)NC(=O)[C@H]2C[C@H](O)CN2C(=O)[C@@H](NC(=O)COCCOCCOCC#Cc2cccc3c2C(=O)N(C(C(=O)Nc2nccs2)c2cc(F)ccc2O)C3)C(C)(C)C)cc1. The predicted octanol–water partition coefficient (Wildman–Crippen LogP) is 5.53. The minimum atomic E-state index is -1.38. The number of carbonyl (C=O) groups excluding carboxylic acids is 5. The molecular formula is C51H56FN7O10S2. The lowest BCUT2D eigenvalue weighted by Crippen LogP contribution is -2.58. The molecule has 0 radical (unpaired) electrons. The summed E-state index contributed by atoms with van der Waals surface area (Å²) in [5, 5.41) is 31.7. The summed E-state index contributed by atoms with van der Waals surface area (Å²) in [5.74, 6) is 2.22. The summed E-state index contributed by atoms with van der Waals surface area (Å²) in [6.45, 7) is 9.42. The van der Waals surface area contributed by atoms with Crippen LogP contribution in [-0.4, -0.2) is 124 Å². The number of phenolic OH excluding ortho intramolecular Hbond substituents is 1. The minimum absolute atomic E-state index is 0.00778. The molecule has 1 saturated heterocycles. The monoisotopic (exact) mass is 1010 g/mol. The smallest absolute Gasteiger partial charge is 0.256 e. The van der Waals surface area contributed by atoms with Crippen LogP contribution in [-0.2, 0) is 39.9 Å². The van der Waals surface area contributed by atoms with E-state index in [0.29, 0.717) is 11.1 Å². The number of aromatic nitrogens is 2. The molecule has 4 heterocycles. The van der Waals surface area contributed by atoms with Gasteiger partial charge in [-0.15, -0.1) is 22.7 Å². The Labute approximate surface area is 418 Å². The Morgan fingerprint density at radius 1 is 0.972 bits per heavy atom. The van der Waals surface area contributed by atoms with Crippen LogP contribution in [0.1, 0.15) is 84.5 Å². The highest BCUT2D eigenvalue weighted by Gasteiger charge is 2.45. The molecule has 3 aromatic carbocycles. The largest absolute Gasteiger partial charge is 0.508 e. The number of β-amino-alcohol motifs (C(OH)–C–C–N with tert-alkyl or cyclic N) is 1. The van der Waals surface area contributed by atoms with Crippen molar-refractivity contribution < 1.29 is 52.8 Å². The van der Waals surface area contributed by atoms with Gasteiger partial charge in [0.1, 0.15) is 42.9 Å². The van der Waals surface area contributed by atoms with Crippen LogP contribution in [0.25, 0.3) is 10.4 Å². The number of amides is 5. The van der Waals surface area contributed by atoms with Gasteiger partial charge in [-0.25, -0.2) is 14.4 Å². The van der Waals surface area contributed by atoms with Gasteiger partial charge >= 0.3 is 0 Å². The molecule has 0 saturated carbocycles. The number of phenols is 1. The molecule has 7 rings (SSSR count). The zero-order valence-corrected chi connectivity index (χ0v) is 41.5. The normalized spacial score (nSPS) is 16.7. The van der Waals surface area contributed by atoms with E-state index in [-0.39, 0.29) is 87.2 Å². The summed E-state index contributed by atoms with van der Waals surface area (Å²) in [4.78, 5) is 80.3. The number of ether oxygens (including phenoxy) is 3. The third-order valence-electron chi connectivity index (χ3n) is 11.9. The number of nitrogens with zero attached hydrogens (tertiary/aromatic N) is 4. The zero-order valence-electron chi connectivity index (χ0n) is 39.9. The number of carbonyl (C=O) groups is 5. The first kappa shape index (κ1) is 52.2. The van der Waals surface area contributed by atoms with Gasteiger partial charge in [-0.05, 0) is 60.2 Å². The Kier molecular flexibility index (Phi) is 17.3. The van der Waals surface area contributed by atoms with Gasteiger partial charge in [0.2, 0.25) is 17.7 Å². The van der Waals surface area contributed by atoms with Crippen molar-refractivity contribution >= 4 is 57.3 Å². The van der Waals surface area contributed by atoms with E-state index >= 15 is 0 Å². The van der Waals surface area contributed by atoms with Crippen LogP contribution in [0.3, 0.4) is 0 Å². The van der Waals surface area contributed by atoms with Gasteiger partial charge < -0.3 is 44.9 Å². The Hall–Kier alpha value is -6.60. The van der Waals surface area contributed by atoms with E-state index in [2.05, 4.69) is 37.8 Å². The Morgan fingerprint density at radius 2 is 1.72 bits per heavy atom. The maximum Gasteiger partial charge on any atom is 0.256 e. The van der Waals surface area contributed by atoms with Crippen molar-refractivity contribution in [1.29, 1.82) is 0 Å². The molecule has 5 aromatic rings. The molecule has 1 fully saturated rings. The standard InChI is InChI=1S/C51H56FN7O10S2/c1-30(32-11-13-34(14-12-32)44-31(2)54-29-71-44)55-46(63)39-25-37(60)27-58(39)49(66)45(51(3,4)5)56-41(62)28-69-22-21-68-20-19-67-18-7-10-33-8-6-9-35-26-59(48(65)42(33)35)43(38-24-36(52)15-16-40(38)61)47(64)57-50-53-17-23-70-50/h6,8-9,11-17,23-24,29-30,37,39,43,45,60-61H,18-22,25-28H2,1-5H3,(H,55,63)(H,56,62)(H,53,57,64)/t30-,37-,39+,43?,45+/m0/s1. The van der Waals surface area contributed by atoms with Gasteiger partial charge in [-0.2, -0.15) is 0 Å². The minimum Gasteiger partial charge on any atom is -0.508 e. The first-order chi connectivity index (χ1) is 34.0. The third-order valence-corrected chi connectivity index (χ3v) is 13.6. The molecule has 5 atom stereocenters. The highest BCUT2D eigenvalue weighted by Crippen LogP contribution is 2.38. The molecule has 0 aliphatic carbocycles. The van der Waals surface area contributed by atoms with Crippen molar-refractivity contribution in [2.24, 2.45) is 5.41 Å². The number of likely N-dealkylation sites (tertiary alicyclic amines) is 1. The van der Waals surface area contributed by atoms with Crippen molar-refractivity contribution in [2.45, 2.75) is 77.9 Å². The second-order valence-electron chi connectivity index (χ2n) is 18.1. The summed E-state index contributed by atoms with van der Waals surface area (Å²) in [5.41, 5.74) is 5.12. The van der Waals surface area contributed by atoms with Gasteiger partial charge in [-0.3, -0.25) is 29.3 Å². The van der Waals surface area contributed by atoms with Crippen LogP contribution in [0.2, 0.25) is 0 Å². The summed E-state index contributed by atoms with van der Waals surface area (Å²) >= 11 is 2.73. The van der Waals surface area contributed by atoms with Gasteiger partial charge in [0, 0.05) is 42.2 Å². The number of thiazole rings is 2. The molecule has 17 nitrogen and oxygen atoms in total. The highest BCUT2D eigenvalue weighted by molar-refractivity contribution is 7.14. The summed E-state index contributed by atoms with van der Waals surface area (Å²) < 4.78 is 31.1. The van der Waals surface area contributed by atoms with Crippen LogP contribution in [0.4, 0.5) is 9.52 Å². The van der Waals surface area contributed by atoms with Gasteiger partial charge in [0.15, 0.2) is 5.13 Å². The quantitative estimate of drug-likeness (QED) is 0.0510. The van der Waals surface area contributed by atoms with E-state index in [1.165, 1.54) is 27.3 Å². The first-order valence-electron chi connectivity index (χ1n) is 22.9. The molecular weight excluding hydrogens is 954 g/mol. The fourth-order valence-corrected chi connectivity index (χ4v) is 9.67. The van der Waals surface area contributed by atoms with E-state index in [1.54, 1.807) is 61.2 Å². The summed E-state index contributed by atoms with van der Waals surface area (Å²) in [6.07, 6.45) is 0.652. The van der Waals surface area contributed by atoms with Crippen molar-refractivity contribution in [3.63, 3.8) is 0 Å². The van der Waals surface area contributed by atoms with Crippen LogP contribution < -0.4 is 16.0 Å². The van der Waals surface area contributed by atoms with Crippen LogP contribution in [0, 0.1) is 30.0 Å². The lowest BCUT2D eigenvalue weighted by Gasteiger charge is -2.35. The number of nitrogens with one attached hydrogen (secondary N) is 3. The Morgan fingerprint density at radius 3 is 2.42 bits per heavy atom. The molecule has 0 bridgehead atoms. The molecule has 71 heavy (non-hydrogen) atoms. The van der Waals surface area contributed by atoms with Crippen molar-refractivity contribution in [3.05, 3.63) is 117 Å². The molecule has 0 spiro atoms. The van der Waals surface area contributed by atoms with Gasteiger partial charge in [0.05, 0.1) is 60.2 Å². The van der Waals surface area contributed by atoms with Crippen LogP contribution in [0.15, 0.2) is 77.8 Å². The average Bonchev–Trinajstić information content (AvgIpc) is 4.16. The number of aromatic hydroxyl groups is 1. The highest BCUT2D eigenvalue weighted by atomic mass is 32.1. The molecule has 5 amide bonds. The number of aliphatic hydroxyl groups excluding tert-OH is 1. The van der Waals surface area contributed by atoms with E-state index in [9.17, 15) is 38.6 Å². The zero-order chi connectivity index (χ0) is 50.8. The number of rotatable bonds is 19. The second kappa shape index (κ2) is 23.5. The molecule has 1 unspecified atom stereocenters. The fraction of sp³-hybridized carbons (Fsp3) is 0.392. The summed E-state index contributed by atoms with van der Waals surface area (Å²) in [7, 11) is 0. The number of benzene rings is 3. The maximum absolute atomic E-state index is 14.4. The number of hydrogen-bond acceptors (Lipinski definition) is 14. The molecule has 2 aromatic heterocycles. The van der Waals surface area contributed by atoms with E-state index in [0.717, 1.165) is 39.9 Å². The van der Waals surface area contributed by atoms with Crippen molar-refractivity contribution in [3.8, 4) is 28.0 Å². The van der Waals surface area contributed by atoms with Crippen LogP contribution in [0.5, 0.6) is 5.75 Å². The number of anilines is 1. The lowest BCUT2D eigenvalue weighted by atomic mass is 9.85. The van der Waals surface area contributed by atoms with Crippen molar-refractivity contribution in [1.82, 2.24) is 30.4 Å². The number of aryl methyl sites for hydroxylation is 1. The fourth-order valence-electron chi connectivity index (χ4n) is 8.33. The van der Waals surface area contributed by atoms with E-state index < -0.39 is 65.0 Å². The maximum atomic E-state index is 14.4. The number of fused-ring (bicyclic) bond motifs is 1. The second-order valence-corrected chi connectivity index (χ2v) is 19.9. The topological polar surface area (TPSA) is 222 Å². The number of hydrogen-bond donors (Lipinski definition) is 5. The molecule has 5 N–H and O–H groups in total.